The quantitative estimate of drug-likeness (QED) is 0.883. The van der Waals surface area contributed by atoms with Crippen LogP contribution in [0.15, 0.2) is 24.0 Å². The van der Waals surface area contributed by atoms with Crippen molar-refractivity contribution in [3.8, 4) is 0 Å². The van der Waals surface area contributed by atoms with E-state index in [1.165, 1.54) is 23.9 Å². The van der Waals surface area contributed by atoms with Crippen molar-refractivity contribution < 1.29 is 8.42 Å². The predicted octanol–water partition coefficient (Wildman–Crippen LogP) is 1.89. The van der Waals surface area contributed by atoms with Crippen LogP contribution in [0.3, 0.4) is 0 Å². The molecule has 0 aromatic carbocycles. The zero-order valence-electron chi connectivity index (χ0n) is 12.8. The second-order valence-corrected chi connectivity index (χ2v) is 8.57. The monoisotopic (exact) mass is 353 g/mol. The van der Waals surface area contributed by atoms with Gasteiger partial charge >= 0.3 is 0 Å². The molecule has 9 heteroatoms. The second kappa shape index (κ2) is 6.90. The van der Waals surface area contributed by atoms with Gasteiger partial charge in [0.2, 0.25) is 10.0 Å². The van der Waals surface area contributed by atoms with Crippen LogP contribution in [0.4, 0.5) is 10.9 Å². The molecule has 3 rings (SSSR count). The Morgan fingerprint density at radius 2 is 2.26 bits per heavy atom. The fraction of sp³-hybridized carbons (Fsp3) is 0.500. The number of hydrogen-bond acceptors (Lipinski definition) is 7. The molecule has 2 aromatic rings. The Balaban J connectivity index is 1.65. The summed E-state index contributed by atoms with van der Waals surface area (Å²) in [6.07, 6.45) is 7.20. The Bertz CT molecular complexity index is 748. The highest BCUT2D eigenvalue weighted by Crippen LogP contribution is 2.23. The molecule has 1 unspecified atom stereocenters. The van der Waals surface area contributed by atoms with Gasteiger partial charge in [0.15, 0.2) is 5.13 Å². The van der Waals surface area contributed by atoms with Crippen LogP contribution in [0, 0.1) is 5.92 Å². The molecule has 1 aliphatic rings. The Morgan fingerprint density at radius 3 is 3.00 bits per heavy atom. The lowest BCUT2D eigenvalue weighted by atomic mass is 9.94. The first kappa shape index (κ1) is 16.3. The summed E-state index contributed by atoms with van der Waals surface area (Å²) >= 11 is 1.51. The molecule has 3 heterocycles. The summed E-state index contributed by atoms with van der Waals surface area (Å²) in [4.78, 5) is 12.7. The Morgan fingerprint density at radius 1 is 1.39 bits per heavy atom. The van der Waals surface area contributed by atoms with E-state index < -0.39 is 10.0 Å². The molecule has 2 aromatic heterocycles. The summed E-state index contributed by atoms with van der Waals surface area (Å²) in [6, 6.07) is 1.90. The molecule has 0 spiro atoms. The van der Waals surface area contributed by atoms with Gasteiger partial charge in [0.05, 0.1) is 6.26 Å². The van der Waals surface area contributed by atoms with Crippen LogP contribution in [-0.4, -0.2) is 47.0 Å². The number of aromatic nitrogens is 3. The normalized spacial score (nSPS) is 19.6. The summed E-state index contributed by atoms with van der Waals surface area (Å²) in [5, 5.41) is 5.83. The highest BCUT2D eigenvalue weighted by molar-refractivity contribution is 7.88. The number of hydrogen-bond donors (Lipinski definition) is 1. The molecule has 1 fully saturated rings. The first-order valence-electron chi connectivity index (χ1n) is 7.43. The van der Waals surface area contributed by atoms with Gasteiger partial charge in [-0.05, 0) is 25.2 Å². The van der Waals surface area contributed by atoms with Crippen LogP contribution < -0.4 is 5.32 Å². The van der Waals surface area contributed by atoms with E-state index in [1.807, 2.05) is 11.4 Å². The molecule has 7 nitrogen and oxygen atoms in total. The number of thiazole rings is 1. The van der Waals surface area contributed by atoms with Crippen molar-refractivity contribution in [1.29, 1.82) is 0 Å². The van der Waals surface area contributed by atoms with Gasteiger partial charge in [0.1, 0.15) is 12.1 Å². The van der Waals surface area contributed by atoms with Gasteiger partial charge in [-0.2, -0.15) is 0 Å². The lowest BCUT2D eigenvalue weighted by Gasteiger charge is -2.30. The standard InChI is InChI=1S/C14H19N5O2S2/c1-23(20,21)19-5-2-3-11(9-19)7-12-8-13(17-10-16-12)18-14-15-4-6-22-14/h4,6,8,10-11H,2-3,5,7,9H2,1H3,(H,15,16,17,18). The highest BCUT2D eigenvalue weighted by Gasteiger charge is 2.26. The van der Waals surface area contributed by atoms with Crippen LogP contribution >= 0.6 is 11.3 Å². The summed E-state index contributed by atoms with van der Waals surface area (Å²) in [7, 11) is -3.11. The van der Waals surface area contributed by atoms with E-state index in [0.717, 1.165) is 30.1 Å². The van der Waals surface area contributed by atoms with Crippen LogP contribution in [0.25, 0.3) is 0 Å². The molecule has 1 aliphatic heterocycles. The number of anilines is 2. The van der Waals surface area contributed by atoms with E-state index in [9.17, 15) is 8.42 Å². The highest BCUT2D eigenvalue weighted by atomic mass is 32.2. The molecule has 0 bridgehead atoms. The van der Waals surface area contributed by atoms with Crippen LogP contribution in [0.1, 0.15) is 18.5 Å². The summed E-state index contributed by atoms with van der Waals surface area (Å²) in [5.74, 6) is 1.00. The largest absolute Gasteiger partial charge is 0.316 e. The number of nitrogens with zero attached hydrogens (tertiary/aromatic N) is 4. The van der Waals surface area contributed by atoms with Gasteiger partial charge in [-0.25, -0.2) is 27.7 Å². The molecule has 124 valence electrons. The van der Waals surface area contributed by atoms with Crippen molar-refractivity contribution >= 4 is 32.3 Å². The average Bonchev–Trinajstić information content (AvgIpc) is 3.00. The maximum absolute atomic E-state index is 11.7. The van der Waals surface area contributed by atoms with Crippen molar-refractivity contribution in [2.24, 2.45) is 5.92 Å². The Hall–Kier alpha value is -1.58. The third-order valence-corrected chi connectivity index (χ3v) is 5.80. The first-order valence-corrected chi connectivity index (χ1v) is 10.2. The third kappa shape index (κ3) is 4.46. The Labute approximate surface area is 139 Å². The minimum Gasteiger partial charge on any atom is -0.316 e. The van der Waals surface area contributed by atoms with Crippen molar-refractivity contribution in [2.45, 2.75) is 19.3 Å². The molecule has 0 radical (unpaired) electrons. The third-order valence-electron chi connectivity index (χ3n) is 3.84. The summed E-state index contributed by atoms with van der Waals surface area (Å²) < 4.78 is 25.0. The van der Waals surface area contributed by atoms with Gasteiger partial charge in [-0.15, -0.1) is 11.3 Å². The van der Waals surface area contributed by atoms with Gasteiger partial charge in [-0.3, -0.25) is 0 Å². The topological polar surface area (TPSA) is 88.1 Å². The van der Waals surface area contributed by atoms with E-state index in [0.29, 0.717) is 24.8 Å². The lowest BCUT2D eigenvalue weighted by Crippen LogP contribution is -2.39. The first-order chi connectivity index (χ1) is 11.0. The molecule has 1 saturated heterocycles. The van der Waals surface area contributed by atoms with Gasteiger partial charge in [-0.1, -0.05) is 0 Å². The maximum atomic E-state index is 11.7. The van der Waals surface area contributed by atoms with Crippen LogP contribution in [-0.2, 0) is 16.4 Å². The number of sulfonamides is 1. The van der Waals surface area contributed by atoms with Crippen molar-refractivity contribution in [3.05, 3.63) is 29.7 Å². The molecule has 0 aliphatic carbocycles. The maximum Gasteiger partial charge on any atom is 0.211 e. The van der Waals surface area contributed by atoms with E-state index in [-0.39, 0.29) is 0 Å². The number of nitrogens with one attached hydrogen (secondary N) is 1. The molecule has 1 atom stereocenters. The molecular formula is C14H19N5O2S2. The molecule has 23 heavy (non-hydrogen) atoms. The van der Waals surface area contributed by atoms with Gasteiger partial charge in [0, 0.05) is 36.4 Å². The van der Waals surface area contributed by atoms with Crippen LogP contribution in [0.5, 0.6) is 0 Å². The minimum atomic E-state index is -3.11. The summed E-state index contributed by atoms with van der Waals surface area (Å²) in [6.45, 7) is 1.19. The van der Waals surface area contributed by atoms with Crippen molar-refractivity contribution in [1.82, 2.24) is 19.3 Å². The summed E-state index contributed by atoms with van der Waals surface area (Å²) in [5.41, 5.74) is 0.916. The smallest absolute Gasteiger partial charge is 0.211 e. The fourth-order valence-electron chi connectivity index (χ4n) is 2.76. The van der Waals surface area contributed by atoms with E-state index in [1.54, 1.807) is 10.5 Å². The zero-order chi connectivity index (χ0) is 16.3. The zero-order valence-corrected chi connectivity index (χ0v) is 14.5. The number of rotatable bonds is 5. The van der Waals surface area contributed by atoms with E-state index >= 15 is 0 Å². The average molecular weight is 353 g/mol. The van der Waals surface area contributed by atoms with E-state index in [4.69, 9.17) is 0 Å². The molecule has 1 N–H and O–H groups in total. The van der Waals surface area contributed by atoms with Gasteiger partial charge < -0.3 is 5.32 Å². The molecule has 0 saturated carbocycles. The lowest BCUT2D eigenvalue weighted by molar-refractivity contribution is 0.265. The molecule has 0 amide bonds. The SMILES string of the molecule is CS(=O)(=O)N1CCCC(Cc2cc(Nc3nccs3)ncn2)C1. The van der Waals surface area contributed by atoms with Gasteiger partial charge in [0.25, 0.3) is 0 Å². The van der Waals surface area contributed by atoms with Crippen molar-refractivity contribution in [2.75, 3.05) is 24.7 Å². The fourth-order valence-corrected chi connectivity index (χ4v) is 4.24. The minimum absolute atomic E-state index is 0.293. The predicted molar refractivity (Wildman–Crippen MR) is 90.3 cm³/mol. The van der Waals surface area contributed by atoms with Crippen LogP contribution in [0.2, 0.25) is 0 Å². The second-order valence-electron chi connectivity index (χ2n) is 5.69. The number of piperidine rings is 1. The Kier molecular flexibility index (Phi) is 4.88. The van der Waals surface area contributed by atoms with E-state index in [2.05, 4.69) is 20.3 Å². The van der Waals surface area contributed by atoms with Crippen molar-refractivity contribution in [3.63, 3.8) is 0 Å². The molecular weight excluding hydrogens is 334 g/mol.